The largest absolute Gasteiger partial charge is 0.348 e. The first-order chi connectivity index (χ1) is 9.69. The van der Waals surface area contributed by atoms with Crippen molar-refractivity contribution in [2.24, 2.45) is 11.7 Å². The second-order valence-corrected chi connectivity index (χ2v) is 5.48. The summed E-state index contributed by atoms with van der Waals surface area (Å²) in [6.45, 7) is 2.41. The van der Waals surface area contributed by atoms with Crippen LogP contribution in [0.15, 0.2) is 30.3 Å². The fourth-order valence-electron chi connectivity index (χ4n) is 2.61. The molecule has 0 bridgehead atoms. The zero-order chi connectivity index (χ0) is 14.1. The fourth-order valence-corrected chi connectivity index (χ4v) is 2.61. The average molecular weight is 269 g/mol. The van der Waals surface area contributed by atoms with E-state index in [1.54, 1.807) is 0 Å². The van der Waals surface area contributed by atoms with Crippen LogP contribution in [0.4, 0.5) is 0 Å². The molecule has 1 amide bonds. The first-order valence-corrected chi connectivity index (χ1v) is 7.06. The van der Waals surface area contributed by atoms with Crippen molar-refractivity contribution in [3.63, 3.8) is 0 Å². The molecule has 0 aliphatic heterocycles. The predicted molar refractivity (Wildman–Crippen MR) is 79.5 cm³/mol. The van der Waals surface area contributed by atoms with Gasteiger partial charge < -0.3 is 11.1 Å². The Morgan fingerprint density at radius 1 is 1.45 bits per heavy atom. The summed E-state index contributed by atoms with van der Waals surface area (Å²) in [5.41, 5.74) is 8.15. The van der Waals surface area contributed by atoms with Gasteiger partial charge in [-0.2, -0.15) is 0 Å². The number of hydrogen-bond acceptors (Lipinski definition) is 3. The number of carbonyl (C=O) groups excluding carboxylic acids is 1. The smallest absolute Gasteiger partial charge is 0.252 e. The van der Waals surface area contributed by atoms with E-state index in [1.165, 1.54) is 0 Å². The van der Waals surface area contributed by atoms with Crippen molar-refractivity contribution in [3.05, 3.63) is 41.6 Å². The van der Waals surface area contributed by atoms with Crippen LogP contribution >= 0.6 is 0 Å². The SMILES string of the molecule is Cc1cc(C(=O)NC(CN)C2CC2)c2ccccc2n1. The Hall–Kier alpha value is -1.94. The number of aryl methyl sites for hydroxylation is 1. The van der Waals surface area contributed by atoms with E-state index in [0.29, 0.717) is 18.0 Å². The lowest BCUT2D eigenvalue weighted by molar-refractivity contribution is 0.0935. The maximum atomic E-state index is 12.5. The molecule has 0 spiro atoms. The van der Waals surface area contributed by atoms with Gasteiger partial charge in [0.25, 0.3) is 5.91 Å². The zero-order valence-electron chi connectivity index (χ0n) is 11.6. The summed E-state index contributed by atoms with van der Waals surface area (Å²) < 4.78 is 0. The summed E-state index contributed by atoms with van der Waals surface area (Å²) in [6.07, 6.45) is 2.33. The average Bonchev–Trinajstić information content (AvgIpc) is 3.28. The van der Waals surface area contributed by atoms with E-state index in [9.17, 15) is 4.79 Å². The number of para-hydroxylation sites is 1. The highest BCUT2D eigenvalue weighted by molar-refractivity contribution is 6.06. The molecule has 1 heterocycles. The van der Waals surface area contributed by atoms with E-state index in [0.717, 1.165) is 29.4 Å². The van der Waals surface area contributed by atoms with E-state index in [1.807, 2.05) is 37.3 Å². The van der Waals surface area contributed by atoms with Gasteiger partial charge in [-0.15, -0.1) is 0 Å². The molecule has 0 radical (unpaired) electrons. The Bertz CT molecular complexity index is 649. The molecule has 1 fully saturated rings. The van der Waals surface area contributed by atoms with Crippen molar-refractivity contribution in [1.29, 1.82) is 0 Å². The van der Waals surface area contributed by atoms with Crippen LogP contribution in [0.25, 0.3) is 10.9 Å². The molecule has 4 heteroatoms. The minimum Gasteiger partial charge on any atom is -0.348 e. The topological polar surface area (TPSA) is 68.0 Å². The maximum Gasteiger partial charge on any atom is 0.252 e. The predicted octanol–water partition coefficient (Wildman–Crippen LogP) is 2.01. The summed E-state index contributed by atoms with van der Waals surface area (Å²) in [5, 5.41) is 3.96. The first-order valence-electron chi connectivity index (χ1n) is 7.06. The third-order valence-electron chi connectivity index (χ3n) is 3.85. The number of aromatic nitrogens is 1. The Morgan fingerprint density at radius 3 is 2.90 bits per heavy atom. The molecular formula is C16H19N3O. The van der Waals surface area contributed by atoms with Crippen LogP contribution in [0, 0.1) is 12.8 Å². The van der Waals surface area contributed by atoms with Crippen molar-refractivity contribution in [3.8, 4) is 0 Å². The van der Waals surface area contributed by atoms with Crippen molar-refractivity contribution in [2.75, 3.05) is 6.54 Å². The van der Waals surface area contributed by atoms with Crippen molar-refractivity contribution in [2.45, 2.75) is 25.8 Å². The lowest BCUT2D eigenvalue weighted by atomic mass is 10.1. The Kier molecular flexibility index (Phi) is 3.40. The van der Waals surface area contributed by atoms with Crippen LogP contribution < -0.4 is 11.1 Å². The summed E-state index contributed by atoms with van der Waals surface area (Å²) >= 11 is 0. The van der Waals surface area contributed by atoms with Gasteiger partial charge in [0.15, 0.2) is 0 Å². The quantitative estimate of drug-likeness (QED) is 0.892. The summed E-state index contributed by atoms with van der Waals surface area (Å²) in [5.74, 6) is 0.507. The number of hydrogen-bond donors (Lipinski definition) is 2. The number of pyridine rings is 1. The standard InChI is InChI=1S/C16H19N3O/c1-10-8-13(12-4-2-3-5-14(12)18-10)16(20)19-15(9-17)11-6-7-11/h2-5,8,11,15H,6-7,9,17H2,1H3,(H,19,20). The van der Waals surface area contributed by atoms with Gasteiger partial charge in [0.05, 0.1) is 11.1 Å². The van der Waals surface area contributed by atoms with Gasteiger partial charge in [-0.3, -0.25) is 9.78 Å². The molecule has 1 saturated carbocycles. The van der Waals surface area contributed by atoms with Crippen LogP contribution in [-0.2, 0) is 0 Å². The molecule has 20 heavy (non-hydrogen) atoms. The molecule has 0 saturated heterocycles. The molecule has 1 atom stereocenters. The van der Waals surface area contributed by atoms with Crippen molar-refractivity contribution >= 4 is 16.8 Å². The molecule has 3 rings (SSSR count). The molecule has 1 aliphatic carbocycles. The molecular weight excluding hydrogens is 250 g/mol. The number of amides is 1. The van der Waals surface area contributed by atoms with Gasteiger partial charge in [0.1, 0.15) is 0 Å². The summed E-state index contributed by atoms with van der Waals surface area (Å²) in [7, 11) is 0. The Morgan fingerprint density at radius 2 is 2.20 bits per heavy atom. The van der Waals surface area contributed by atoms with E-state index < -0.39 is 0 Å². The highest BCUT2D eigenvalue weighted by Gasteiger charge is 2.31. The van der Waals surface area contributed by atoms with E-state index in [4.69, 9.17) is 5.73 Å². The molecule has 3 N–H and O–H groups in total. The molecule has 4 nitrogen and oxygen atoms in total. The highest BCUT2D eigenvalue weighted by Crippen LogP contribution is 2.32. The van der Waals surface area contributed by atoms with E-state index >= 15 is 0 Å². The molecule has 104 valence electrons. The fraction of sp³-hybridized carbons (Fsp3) is 0.375. The number of fused-ring (bicyclic) bond motifs is 1. The van der Waals surface area contributed by atoms with Gasteiger partial charge in [-0.1, -0.05) is 18.2 Å². The second-order valence-electron chi connectivity index (χ2n) is 5.48. The Labute approximate surface area is 118 Å². The van der Waals surface area contributed by atoms with Crippen molar-refractivity contribution < 1.29 is 4.79 Å². The van der Waals surface area contributed by atoms with Gasteiger partial charge in [0.2, 0.25) is 0 Å². The number of carbonyl (C=O) groups is 1. The molecule has 1 unspecified atom stereocenters. The van der Waals surface area contributed by atoms with Gasteiger partial charge in [-0.25, -0.2) is 0 Å². The number of nitrogens with two attached hydrogens (primary N) is 1. The monoisotopic (exact) mass is 269 g/mol. The van der Waals surface area contributed by atoms with Gasteiger partial charge in [-0.05, 0) is 37.8 Å². The summed E-state index contributed by atoms with van der Waals surface area (Å²) in [4.78, 5) is 17.0. The van der Waals surface area contributed by atoms with E-state index in [2.05, 4.69) is 10.3 Å². The third-order valence-corrected chi connectivity index (χ3v) is 3.85. The molecule has 2 aromatic rings. The third kappa shape index (κ3) is 2.51. The van der Waals surface area contributed by atoms with Crippen LogP contribution in [0.1, 0.15) is 28.9 Å². The normalized spacial score (nSPS) is 16.1. The van der Waals surface area contributed by atoms with Gasteiger partial charge in [0, 0.05) is 23.7 Å². The highest BCUT2D eigenvalue weighted by atomic mass is 16.1. The van der Waals surface area contributed by atoms with E-state index in [-0.39, 0.29) is 11.9 Å². The lowest BCUT2D eigenvalue weighted by Gasteiger charge is -2.17. The molecule has 1 aliphatic rings. The molecule has 1 aromatic carbocycles. The van der Waals surface area contributed by atoms with Crippen LogP contribution in [0.3, 0.4) is 0 Å². The van der Waals surface area contributed by atoms with Crippen LogP contribution in [0.2, 0.25) is 0 Å². The number of rotatable bonds is 4. The van der Waals surface area contributed by atoms with Gasteiger partial charge >= 0.3 is 0 Å². The summed E-state index contributed by atoms with van der Waals surface area (Å²) in [6, 6.07) is 9.67. The minimum atomic E-state index is -0.0472. The zero-order valence-corrected chi connectivity index (χ0v) is 11.6. The first kappa shape index (κ1) is 13.1. The van der Waals surface area contributed by atoms with Crippen LogP contribution in [-0.4, -0.2) is 23.5 Å². The second kappa shape index (κ2) is 5.21. The minimum absolute atomic E-state index is 0.0472. The number of benzene rings is 1. The number of nitrogens with one attached hydrogen (secondary N) is 1. The maximum absolute atomic E-state index is 12.5. The Balaban J connectivity index is 1.94. The number of nitrogens with zero attached hydrogens (tertiary/aromatic N) is 1. The molecule has 1 aromatic heterocycles. The van der Waals surface area contributed by atoms with Crippen LogP contribution in [0.5, 0.6) is 0 Å². The van der Waals surface area contributed by atoms with Crippen molar-refractivity contribution in [1.82, 2.24) is 10.3 Å². The lowest BCUT2D eigenvalue weighted by Crippen LogP contribution is -2.41.